The number of halogens is 3. The van der Waals surface area contributed by atoms with Crippen molar-refractivity contribution in [1.29, 1.82) is 0 Å². The number of hydrogen-bond acceptors (Lipinski definition) is 6. The van der Waals surface area contributed by atoms with Crippen LogP contribution in [0.2, 0.25) is 0 Å². The first-order valence-electron chi connectivity index (χ1n) is 6.75. The molecule has 0 aromatic heterocycles. The highest BCUT2D eigenvalue weighted by molar-refractivity contribution is 6.68. The summed E-state index contributed by atoms with van der Waals surface area (Å²) in [4.78, 5) is 20.3. The van der Waals surface area contributed by atoms with Gasteiger partial charge in [-0.1, -0.05) is 47.0 Å². The molecule has 132 valence electrons. The first-order chi connectivity index (χ1) is 11.5. The van der Waals surface area contributed by atoms with E-state index in [1.165, 1.54) is 6.07 Å². The van der Waals surface area contributed by atoms with Crippen molar-refractivity contribution >= 4 is 57.6 Å². The van der Waals surface area contributed by atoms with Crippen molar-refractivity contribution in [2.24, 2.45) is 10.5 Å². The fraction of sp³-hybridized carbons (Fsp3) is 0.214. The van der Waals surface area contributed by atoms with Gasteiger partial charge in [0.15, 0.2) is 0 Å². The molecular formula is C14H11Cl3N4O4. The van der Waals surface area contributed by atoms with E-state index in [0.29, 0.717) is 5.71 Å². The van der Waals surface area contributed by atoms with Crippen LogP contribution in [-0.4, -0.2) is 19.4 Å². The van der Waals surface area contributed by atoms with Gasteiger partial charge in [0.1, 0.15) is 5.69 Å². The minimum absolute atomic E-state index is 0.0135. The third-order valence-electron chi connectivity index (χ3n) is 3.51. The summed E-state index contributed by atoms with van der Waals surface area (Å²) in [6, 6.07) is 3.21. The molecule has 0 saturated carbocycles. The van der Waals surface area contributed by atoms with Gasteiger partial charge in [-0.25, -0.2) is 0 Å². The summed E-state index contributed by atoms with van der Waals surface area (Å²) in [5, 5.41) is 25.8. The van der Waals surface area contributed by atoms with E-state index in [-0.39, 0.29) is 11.4 Å². The Labute approximate surface area is 157 Å². The number of allylic oxidation sites excluding steroid dienone is 4. The molecule has 2 rings (SSSR count). The van der Waals surface area contributed by atoms with Gasteiger partial charge in [-0.2, -0.15) is 5.10 Å². The lowest BCUT2D eigenvalue weighted by molar-refractivity contribution is -0.393. The monoisotopic (exact) mass is 404 g/mol. The molecule has 1 aromatic carbocycles. The number of nitro benzene ring substituents is 2. The Morgan fingerprint density at radius 2 is 1.72 bits per heavy atom. The molecule has 0 bridgehead atoms. The summed E-state index contributed by atoms with van der Waals surface area (Å²) in [5.41, 5.74) is 1.29. The summed E-state index contributed by atoms with van der Waals surface area (Å²) >= 11 is 17.7. The molecule has 11 heteroatoms. The zero-order valence-electron chi connectivity index (χ0n) is 12.6. The average molecular weight is 406 g/mol. The van der Waals surface area contributed by atoms with Crippen molar-refractivity contribution in [1.82, 2.24) is 0 Å². The van der Waals surface area contributed by atoms with Gasteiger partial charge < -0.3 is 0 Å². The van der Waals surface area contributed by atoms with Crippen LogP contribution in [0, 0.1) is 25.6 Å². The average Bonchev–Trinajstić information content (AvgIpc) is 2.53. The molecule has 0 unspecified atom stereocenters. The van der Waals surface area contributed by atoms with Crippen molar-refractivity contribution in [3.8, 4) is 0 Å². The molecule has 1 aliphatic rings. The van der Waals surface area contributed by atoms with Gasteiger partial charge in [-0.05, 0) is 25.1 Å². The lowest BCUT2D eigenvalue weighted by Crippen LogP contribution is -2.30. The van der Waals surface area contributed by atoms with Crippen molar-refractivity contribution in [3.63, 3.8) is 0 Å². The van der Waals surface area contributed by atoms with E-state index in [0.717, 1.165) is 12.1 Å². The predicted molar refractivity (Wildman–Crippen MR) is 97.5 cm³/mol. The highest BCUT2D eigenvalue weighted by atomic mass is 35.6. The van der Waals surface area contributed by atoms with Gasteiger partial charge >= 0.3 is 5.69 Å². The van der Waals surface area contributed by atoms with Gasteiger partial charge in [0.05, 0.1) is 27.0 Å². The van der Waals surface area contributed by atoms with Crippen molar-refractivity contribution in [2.45, 2.75) is 10.7 Å². The van der Waals surface area contributed by atoms with Crippen LogP contribution in [0.3, 0.4) is 0 Å². The quantitative estimate of drug-likeness (QED) is 0.440. The maximum atomic E-state index is 11.1. The fourth-order valence-corrected chi connectivity index (χ4v) is 2.27. The molecule has 1 N–H and O–H groups in total. The van der Waals surface area contributed by atoms with Gasteiger partial charge in [-0.15, -0.1) is 0 Å². The predicted octanol–water partition coefficient (Wildman–Crippen LogP) is 4.77. The molecule has 1 aliphatic carbocycles. The minimum atomic E-state index is -1.55. The second kappa shape index (κ2) is 6.99. The van der Waals surface area contributed by atoms with Crippen molar-refractivity contribution in [2.75, 3.05) is 5.43 Å². The number of anilines is 1. The lowest BCUT2D eigenvalue weighted by Gasteiger charge is -2.31. The Hall–Kier alpha value is -2.16. The molecule has 1 aromatic rings. The van der Waals surface area contributed by atoms with E-state index in [1.54, 1.807) is 31.2 Å². The summed E-state index contributed by atoms with van der Waals surface area (Å²) in [5.74, 6) is 0. The Morgan fingerprint density at radius 3 is 2.20 bits per heavy atom. The number of nitrogens with zero attached hydrogens (tertiary/aromatic N) is 3. The topological polar surface area (TPSA) is 111 Å². The Kier molecular flexibility index (Phi) is 5.36. The Balaban J connectivity index is 2.24. The number of nitro groups is 2. The third-order valence-corrected chi connectivity index (χ3v) is 4.73. The second-order valence-electron chi connectivity index (χ2n) is 5.31. The first-order valence-corrected chi connectivity index (χ1v) is 7.88. The van der Waals surface area contributed by atoms with Crippen LogP contribution in [0.25, 0.3) is 0 Å². The zero-order chi connectivity index (χ0) is 18.8. The standard InChI is InChI=1S/C14H11Cl3N4O4/c1-13(14(15,16)17)6-4-9(5-7-13)18-19-11-3-2-10(20(22)23)8-12(11)21(24)25/h2-8,19H,1H3. The summed E-state index contributed by atoms with van der Waals surface area (Å²) < 4.78 is -1.55. The van der Waals surface area contributed by atoms with E-state index in [9.17, 15) is 20.2 Å². The van der Waals surface area contributed by atoms with Crippen LogP contribution in [-0.2, 0) is 0 Å². The van der Waals surface area contributed by atoms with Gasteiger partial charge in [0.25, 0.3) is 5.69 Å². The fourth-order valence-electron chi connectivity index (χ4n) is 1.90. The van der Waals surface area contributed by atoms with Gasteiger partial charge in [-0.3, -0.25) is 25.7 Å². The maximum absolute atomic E-state index is 11.1. The number of hydrogen-bond donors (Lipinski definition) is 1. The first kappa shape index (κ1) is 19.2. The van der Waals surface area contributed by atoms with E-state index in [1.807, 2.05) is 0 Å². The van der Waals surface area contributed by atoms with E-state index in [4.69, 9.17) is 34.8 Å². The number of nitrogens with one attached hydrogen (secondary N) is 1. The van der Waals surface area contributed by atoms with Crippen LogP contribution in [0.15, 0.2) is 47.6 Å². The van der Waals surface area contributed by atoms with Crippen molar-refractivity contribution in [3.05, 3.63) is 62.7 Å². The number of benzene rings is 1. The van der Waals surface area contributed by atoms with Crippen LogP contribution in [0.1, 0.15) is 6.92 Å². The van der Waals surface area contributed by atoms with Crippen molar-refractivity contribution < 1.29 is 9.85 Å². The molecule has 0 amide bonds. The largest absolute Gasteiger partial charge is 0.301 e. The van der Waals surface area contributed by atoms with E-state index < -0.39 is 24.7 Å². The molecular weight excluding hydrogens is 395 g/mol. The minimum Gasteiger partial charge on any atom is -0.271 e. The van der Waals surface area contributed by atoms with Gasteiger partial charge in [0.2, 0.25) is 3.79 Å². The molecule has 25 heavy (non-hydrogen) atoms. The van der Waals surface area contributed by atoms with Crippen LogP contribution >= 0.6 is 34.8 Å². The number of alkyl halides is 3. The highest BCUT2D eigenvalue weighted by Gasteiger charge is 2.41. The molecule has 0 spiro atoms. The van der Waals surface area contributed by atoms with E-state index in [2.05, 4.69) is 10.5 Å². The normalized spacial score (nSPS) is 19.6. The molecule has 8 nitrogen and oxygen atoms in total. The van der Waals surface area contributed by atoms with Crippen LogP contribution in [0.4, 0.5) is 17.1 Å². The van der Waals surface area contributed by atoms with E-state index >= 15 is 0 Å². The molecule has 0 heterocycles. The molecule has 0 atom stereocenters. The zero-order valence-corrected chi connectivity index (χ0v) is 14.9. The smallest absolute Gasteiger partial charge is 0.271 e. The molecule has 0 radical (unpaired) electrons. The summed E-state index contributed by atoms with van der Waals surface area (Å²) in [7, 11) is 0. The molecule has 0 saturated heterocycles. The lowest BCUT2D eigenvalue weighted by atomic mass is 9.87. The van der Waals surface area contributed by atoms with Crippen LogP contribution in [0.5, 0.6) is 0 Å². The molecule has 0 aliphatic heterocycles. The Morgan fingerprint density at radius 1 is 1.12 bits per heavy atom. The highest BCUT2D eigenvalue weighted by Crippen LogP contribution is 2.47. The Bertz CT molecular complexity index is 799. The number of non-ortho nitro benzene ring substituents is 1. The number of hydrazone groups is 1. The van der Waals surface area contributed by atoms with Gasteiger partial charge in [0, 0.05) is 6.07 Å². The van der Waals surface area contributed by atoms with Crippen LogP contribution < -0.4 is 5.43 Å². The summed E-state index contributed by atoms with van der Waals surface area (Å²) in [6.07, 6.45) is 6.47. The second-order valence-corrected chi connectivity index (χ2v) is 7.59. The SMILES string of the molecule is CC1(C(Cl)(Cl)Cl)C=CC(=NNc2ccc([N+](=O)[O-])cc2[N+](=O)[O-])C=C1. The summed E-state index contributed by atoms with van der Waals surface area (Å²) in [6.45, 7) is 1.72. The number of rotatable bonds is 4. The third kappa shape index (κ3) is 4.28. The molecule has 0 fully saturated rings. The maximum Gasteiger partial charge on any atom is 0.301 e.